The Morgan fingerprint density at radius 2 is 2.00 bits per heavy atom. The summed E-state index contributed by atoms with van der Waals surface area (Å²) in [4.78, 5) is 12.2. The van der Waals surface area contributed by atoms with Gasteiger partial charge < -0.3 is 5.32 Å². The molecule has 0 aliphatic heterocycles. The van der Waals surface area contributed by atoms with E-state index >= 15 is 0 Å². The standard InChI is InChI=1S/C19H22N2O/c1-15-8-5-6-13-18(15)21-19(22)17(14-20)12-7-11-16-9-3-2-4-10-16/h2-4,7,9-12,15,18H,5-6,8,13H2,1H3,(H,21,22)/b11-7+,17-12+/t15-,18-/m0/s1. The Bertz CT molecular complexity index is 596. The van der Waals surface area contributed by atoms with Gasteiger partial charge in [-0.25, -0.2) is 0 Å². The predicted octanol–water partition coefficient (Wildman–Crippen LogP) is 3.84. The maximum Gasteiger partial charge on any atom is 0.262 e. The Hall–Kier alpha value is -2.34. The van der Waals surface area contributed by atoms with Crippen molar-refractivity contribution in [2.75, 3.05) is 0 Å². The first-order chi connectivity index (χ1) is 10.7. The average Bonchev–Trinajstić information content (AvgIpc) is 2.54. The fourth-order valence-corrected chi connectivity index (χ4v) is 2.76. The average molecular weight is 294 g/mol. The molecule has 22 heavy (non-hydrogen) atoms. The molecule has 0 heterocycles. The molecule has 1 aromatic carbocycles. The molecule has 3 heteroatoms. The van der Waals surface area contributed by atoms with Crippen LogP contribution in [0.4, 0.5) is 0 Å². The van der Waals surface area contributed by atoms with E-state index in [0.717, 1.165) is 24.8 Å². The van der Waals surface area contributed by atoms with Crippen LogP contribution in [0.25, 0.3) is 6.08 Å². The largest absolute Gasteiger partial charge is 0.348 e. The van der Waals surface area contributed by atoms with Crippen molar-refractivity contribution >= 4 is 12.0 Å². The van der Waals surface area contributed by atoms with Crippen LogP contribution in [-0.2, 0) is 4.79 Å². The number of nitriles is 1. The Morgan fingerprint density at radius 1 is 1.27 bits per heavy atom. The summed E-state index contributed by atoms with van der Waals surface area (Å²) in [6.07, 6.45) is 9.74. The molecule has 1 fully saturated rings. The van der Waals surface area contributed by atoms with Crippen molar-refractivity contribution in [1.82, 2.24) is 5.32 Å². The van der Waals surface area contributed by atoms with Gasteiger partial charge in [0.05, 0.1) is 0 Å². The van der Waals surface area contributed by atoms with Gasteiger partial charge in [0.1, 0.15) is 11.6 Å². The van der Waals surface area contributed by atoms with E-state index in [1.54, 1.807) is 12.2 Å². The molecular weight excluding hydrogens is 272 g/mol. The number of nitrogens with zero attached hydrogens (tertiary/aromatic N) is 1. The van der Waals surface area contributed by atoms with Crippen LogP contribution in [0.3, 0.4) is 0 Å². The Balaban J connectivity index is 1.98. The van der Waals surface area contributed by atoms with Gasteiger partial charge in [-0.15, -0.1) is 0 Å². The molecule has 2 atom stereocenters. The maximum absolute atomic E-state index is 12.2. The number of carbonyl (C=O) groups is 1. The second kappa shape index (κ2) is 8.19. The fourth-order valence-electron chi connectivity index (χ4n) is 2.76. The first-order valence-electron chi connectivity index (χ1n) is 7.85. The van der Waals surface area contributed by atoms with E-state index in [1.807, 2.05) is 42.5 Å². The molecule has 0 aromatic heterocycles. The molecule has 1 aromatic rings. The van der Waals surface area contributed by atoms with Crippen LogP contribution >= 0.6 is 0 Å². The molecule has 0 spiro atoms. The SMILES string of the molecule is C[C@H]1CCCC[C@@H]1NC(=O)/C(C#N)=C/C=C/c1ccccc1. The van der Waals surface area contributed by atoms with Crippen LogP contribution in [0, 0.1) is 17.2 Å². The van der Waals surface area contributed by atoms with Crippen molar-refractivity contribution in [2.24, 2.45) is 5.92 Å². The van der Waals surface area contributed by atoms with E-state index in [-0.39, 0.29) is 17.5 Å². The number of rotatable bonds is 4. The summed E-state index contributed by atoms with van der Waals surface area (Å²) in [5, 5.41) is 12.2. The molecular formula is C19H22N2O. The van der Waals surface area contributed by atoms with Crippen molar-refractivity contribution in [2.45, 2.75) is 38.6 Å². The van der Waals surface area contributed by atoms with E-state index in [9.17, 15) is 10.1 Å². The van der Waals surface area contributed by atoms with Gasteiger partial charge in [-0.3, -0.25) is 4.79 Å². The Kier molecular flexibility index (Phi) is 5.97. The van der Waals surface area contributed by atoms with Gasteiger partial charge in [-0.05, 0) is 30.4 Å². The van der Waals surface area contributed by atoms with Crippen molar-refractivity contribution in [3.8, 4) is 6.07 Å². The Labute approximate surface area is 132 Å². The molecule has 0 radical (unpaired) electrons. The van der Waals surface area contributed by atoms with Gasteiger partial charge in [0, 0.05) is 6.04 Å². The molecule has 2 rings (SSSR count). The first-order valence-corrected chi connectivity index (χ1v) is 7.85. The smallest absolute Gasteiger partial charge is 0.262 e. The fraction of sp³-hybridized carbons (Fsp3) is 0.368. The predicted molar refractivity (Wildman–Crippen MR) is 88.7 cm³/mol. The molecule has 0 bridgehead atoms. The van der Waals surface area contributed by atoms with Crippen molar-refractivity contribution in [1.29, 1.82) is 5.26 Å². The Morgan fingerprint density at radius 3 is 2.68 bits per heavy atom. The highest BCUT2D eigenvalue weighted by Gasteiger charge is 2.23. The second-order valence-electron chi connectivity index (χ2n) is 5.80. The summed E-state index contributed by atoms with van der Waals surface area (Å²) in [5.41, 5.74) is 1.20. The lowest BCUT2D eigenvalue weighted by Gasteiger charge is -2.29. The number of hydrogen-bond acceptors (Lipinski definition) is 2. The van der Waals surface area contributed by atoms with Gasteiger partial charge in [0.2, 0.25) is 0 Å². The molecule has 1 amide bonds. The molecule has 3 nitrogen and oxygen atoms in total. The minimum atomic E-state index is -0.265. The summed E-state index contributed by atoms with van der Waals surface area (Å²) < 4.78 is 0. The number of allylic oxidation sites excluding steroid dienone is 2. The van der Waals surface area contributed by atoms with E-state index in [4.69, 9.17) is 0 Å². The number of hydrogen-bond donors (Lipinski definition) is 1. The van der Waals surface area contributed by atoms with Gasteiger partial charge >= 0.3 is 0 Å². The van der Waals surface area contributed by atoms with Crippen LogP contribution in [0.5, 0.6) is 0 Å². The third kappa shape index (κ3) is 4.60. The molecule has 1 saturated carbocycles. The quantitative estimate of drug-likeness (QED) is 0.521. The topological polar surface area (TPSA) is 52.9 Å². The van der Waals surface area contributed by atoms with Crippen molar-refractivity contribution < 1.29 is 4.79 Å². The molecule has 1 aliphatic rings. The summed E-state index contributed by atoms with van der Waals surface area (Å²) in [7, 11) is 0. The highest BCUT2D eigenvalue weighted by atomic mass is 16.1. The zero-order valence-electron chi connectivity index (χ0n) is 13.0. The third-order valence-corrected chi connectivity index (χ3v) is 4.14. The molecule has 0 unspecified atom stereocenters. The van der Waals surface area contributed by atoms with Crippen LogP contribution in [-0.4, -0.2) is 11.9 Å². The van der Waals surface area contributed by atoms with Crippen molar-refractivity contribution in [3.05, 3.63) is 53.6 Å². The minimum absolute atomic E-state index is 0.157. The van der Waals surface area contributed by atoms with Gasteiger partial charge in [-0.1, -0.05) is 62.2 Å². The number of benzene rings is 1. The van der Waals surface area contributed by atoms with Crippen LogP contribution in [0.2, 0.25) is 0 Å². The normalized spacial score (nSPS) is 22.3. The zero-order valence-corrected chi connectivity index (χ0v) is 13.0. The monoisotopic (exact) mass is 294 g/mol. The lowest BCUT2D eigenvalue weighted by atomic mass is 9.86. The minimum Gasteiger partial charge on any atom is -0.348 e. The van der Waals surface area contributed by atoms with Crippen LogP contribution in [0.15, 0.2) is 48.1 Å². The van der Waals surface area contributed by atoms with E-state index in [1.165, 1.54) is 6.42 Å². The van der Waals surface area contributed by atoms with Gasteiger partial charge in [0.15, 0.2) is 0 Å². The zero-order chi connectivity index (χ0) is 15.8. The lowest BCUT2D eigenvalue weighted by Crippen LogP contribution is -2.41. The van der Waals surface area contributed by atoms with Gasteiger partial charge in [0.25, 0.3) is 5.91 Å². The lowest BCUT2D eigenvalue weighted by molar-refractivity contribution is -0.118. The number of carbonyl (C=O) groups excluding carboxylic acids is 1. The van der Waals surface area contributed by atoms with Crippen LogP contribution in [0.1, 0.15) is 38.2 Å². The first kappa shape index (κ1) is 16.0. The van der Waals surface area contributed by atoms with Crippen molar-refractivity contribution in [3.63, 3.8) is 0 Å². The maximum atomic E-state index is 12.2. The number of amides is 1. The van der Waals surface area contributed by atoms with E-state index in [0.29, 0.717) is 5.92 Å². The molecule has 1 aliphatic carbocycles. The van der Waals surface area contributed by atoms with Gasteiger partial charge in [-0.2, -0.15) is 5.26 Å². The summed E-state index contributed by atoms with van der Waals surface area (Å²) in [6.45, 7) is 2.16. The number of nitrogens with one attached hydrogen (secondary N) is 1. The summed E-state index contributed by atoms with van der Waals surface area (Å²) in [6, 6.07) is 12.0. The molecule has 114 valence electrons. The third-order valence-electron chi connectivity index (χ3n) is 4.14. The highest BCUT2D eigenvalue weighted by molar-refractivity contribution is 5.97. The molecule has 0 saturated heterocycles. The van der Waals surface area contributed by atoms with E-state index < -0.39 is 0 Å². The van der Waals surface area contributed by atoms with E-state index in [2.05, 4.69) is 12.2 Å². The summed E-state index contributed by atoms with van der Waals surface area (Å²) in [5.74, 6) is 0.219. The van der Waals surface area contributed by atoms with Crippen LogP contribution < -0.4 is 5.32 Å². The molecule has 1 N–H and O–H groups in total. The summed E-state index contributed by atoms with van der Waals surface area (Å²) >= 11 is 0. The second-order valence-corrected chi connectivity index (χ2v) is 5.80. The highest BCUT2D eigenvalue weighted by Crippen LogP contribution is 2.23.